The summed E-state index contributed by atoms with van der Waals surface area (Å²) >= 11 is 0. The average Bonchev–Trinajstić information content (AvgIpc) is 2.77. The van der Waals surface area contributed by atoms with Crippen LogP contribution in [0.3, 0.4) is 0 Å². The summed E-state index contributed by atoms with van der Waals surface area (Å²) in [7, 11) is 0. The van der Waals surface area contributed by atoms with E-state index in [0.717, 1.165) is 49.4 Å². The fraction of sp³-hybridized carbons (Fsp3) is 0.391. The zero-order valence-electron chi connectivity index (χ0n) is 16.8. The van der Waals surface area contributed by atoms with E-state index in [1.807, 2.05) is 36.4 Å². The first kappa shape index (κ1) is 22.3. The van der Waals surface area contributed by atoms with Gasteiger partial charge >= 0.3 is 5.97 Å². The maximum Gasteiger partial charge on any atom is 0.330 e. The summed E-state index contributed by atoms with van der Waals surface area (Å²) in [6.07, 6.45) is 12.4. The lowest BCUT2D eigenvalue weighted by atomic mass is 10.1. The number of nitrogens with zero attached hydrogens (tertiary/aromatic N) is 3. The van der Waals surface area contributed by atoms with Gasteiger partial charge in [0.2, 0.25) is 0 Å². The number of hydrogen-bond donors (Lipinski definition) is 0. The molecule has 0 bridgehead atoms. The minimum atomic E-state index is -0.339. The Bertz CT molecular complexity index is 746. The normalized spacial score (nSPS) is 10.8. The van der Waals surface area contributed by atoms with Crippen molar-refractivity contribution in [2.45, 2.75) is 44.9 Å². The molecule has 2 aromatic rings. The predicted molar refractivity (Wildman–Crippen MR) is 114 cm³/mol. The Balaban J connectivity index is 1.49. The van der Waals surface area contributed by atoms with Crippen molar-refractivity contribution >= 4 is 17.3 Å². The summed E-state index contributed by atoms with van der Waals surface area (Å²) in [4.78, 5) is 14.8. The molecule has 0 unspecified atom stereocenters. The van der Waals surface area contributed by atoms with Crippen LogP contribution in [-0.4, -0.2) is 24.2 Å². The maximum atomic E-state index is 10.9. The Morgan fingerprint density at radius 1 is 0.828 bits per heavy atom. The SMILES string of the molecule is C=CC(=O)OCCCCCCCCCOc1ccc(N=Nc2ccncc2)cc1. The molecule has 0 fully saturated rings. The molecular weight excluding hydrogens is 366 g/mol. The molecule has 0 spiro atoms. The molecule has 154 valence electrons. The van der Waals surface area contributed by atoms with E-state index in [2.05, 4.69) is 21.8 Å². The third-order valence-corrected chi connectivity index (χ3v) is 4.25. The topological polar surface area (TPSA) is 73.1 Å². The number of carbonyl (C=O) groups excluding carboxylic acids is 1. The number of benzene rings is 1. The fourth-order valence-electron chi connectivity index (χ4n) is 2.64. The smallest absolute Gasteiger partial charge is 0.330 e. The number of rotatable bonds is 14. The highest BCUT2D eigenvalue weighted by atomic mass is 16.5. The number of carbonyl (C=O) groups is 1. The van der Waals surface area contributed by atoms with E-state index in [-0.39, 0.29) is 5.97 Å². The quantitative estimate of drug-likeness (QED) is 0.162. The molecule has 0 aliphatic rings. The molecule has 0 aliphatic carbocycles. The second kappa shape index (κ2) is 14.0. The van der Waals surface area contributed by atoms with Gasteiger partial charge in [-0.1, -0.05) is 38.7 Å². The van der Waals surface area contributed by atoms with Crippen molar-refractivity contribution in [1.82, 2.24) is 4.98 Å². The molecule has 1 heterocycles. The van der Waals surface area contributed by atoms with E-state index in [0.29, 0.717) is 6.61 Å². The van der Waals surface area contributed by atoms with Gasteiger partial charge in [-0.3, -0.25) is 4.98 Å². The van der Waals surface area contributed by atoms with Crippen molar-refractivity contribution in [3.8, 4) is 5.75 Å². The van der Waals surface area contributed by atoms with Crippen LogP contribution in [-0.2, 0) is 9.53 Å². The molecule has 0 saturated carbocycles. The van der Waals surface area contributed by atoms with Crippen LogP contribution in [0.4, 0.5) is 11.4 Å². The van der Waals surface area contributed by atoms with Gasteiger partial charge in [-0.2, -0.15) is 10.2 Å². The van der Waals surface area contributed by atoms with E-state index in [9.17, 15) is 4.79 Å². The van der Waals surface area contributed by atoms with Gasteiger partial charge in [-0.05, 0) is 49.2 Å². The number of esters is 1. The lowest BCUT2D eigenvalue weighted by Gasteiger charge is -2.06. The second-order valence-electron chi connectivity index (χ2n) is 6.59. The minimum Gasteiger partial charge on any atom is -0.494 e. The molecule has 6 nitrogen and oxygen atoms in total. The monoisotopic (exact) mass is 395 g/mol. The first-order valence-corrected chi connectivity index (χ1v) is 10.1. The van der Waals surface area contributed by atoms with Crippen molar-refractivity contribution in [3.05, 3.63) is 61.4 Å². The van der Waals surface area contributed by atoms with Crippen molar-refractivity contribution in [1.29, 1.82) is 0 Å². The Morgan fingerprint density at radius 3 is 2.00 bits per heavy atom. The van der Waals surface area contributed by atoms with Crippen LogP contribution in [0, 0.1) is 0 Å². The van der Waals surface area contributed by atoms with E-state index < -0.39 is 0 Å². The van der Waals surface area contributed by atoms with Crippen LogP contribution < -0.4 is 4.74 Å². The van der Waals surface area contributed by atoms with Crippen LogP contribution >= 0.6 is 0 Å². The standard InChI is InChI=1S/C23H29N3O3/c1-2-23(27)29-19-9-7-5-3-4-6-8-18-28-22-12-10-20(11-13-22)25-26-21-14-16-24-17-15-21/h2,10-17H,1,3-9,18-19H2. The molecule has 0 aliphatic heterocycles. The van der Waals surface area contributed by atoms with Crippen molar-refractivity contribution < 1.29 is 14.3 Å². The first-order chi connectivity index (χ1) is 14.3. The number of azo groups is 1. The van der Waals surface area contributed by atoms with Crippen molar-refractivity contribution in [2.24, 2.45) is 10.2 Å². The van der Waals surface area contributed by atoms with Crippen molar-refractivity contribution in [2.75, 3.05) is 13.2 Å². The lowest BCUT2D eigenvalue weighted by molar-refractivity contribution is -0.137. The third kappa shape index (κ3) is 10.2. The summed E-state index contributed by atoms with van der Waals surface area (Å²) in [5, 5.41) is 8.36. The van der Waals surface area contributed by atoms with Crippen LogP contribution in [0.2, 0.25) is 0 Å². The Morgan fingerprint density at radius 2 is 1.38 bits per heavy atom. The zero-order valence-corrected chi connectivity index (χ0v) is 16.8. The van der Waals surface area contributed by atoms with E-state index in [1.165, 1.54) is 25.3 Å². The number of pyridine rings is 1. The van der Waals surface area contributed by atoms with Crippen molar-refractivity contribution in [3.63, 3.8) is 0 Å². The molecule has 0 atom stereocenters. The maximum absolute atomic E-state index is 10.9. The van der Waals surface area contributed by atoms with Gasteiger partial charge in [0.15, 0.2) is 0 Å². The van der Waals surface area contributed by atoms with Crippen LogP contribution in [0.15, 0.2) is 71.7 Å². The molecule has 0 radical (unpaired) electrons. The Hall–Kier alpha value is -3.02. The lowest BCUT2D eigenvalue weighted by Crippen LogP contribution is -2.01. The second-order valence-corrected chi connectivity index (χ2v) is 6.59. The number of unbranched alkanes of at least 4 members (excludes halogenated alkanes) is 6. The molecule has 1 aromatic heterocycles. The van der Waals surface area contributed by atoms with Crippen LogP contribution in [0.25, 0.3) is 0 Å². The molecule has 0 saturated heterocycles. The number of hydrogen-bond acceptors (Lipinski definition) is 6. The first-order valence-electron chi connectivity index (χ1n) is 10.1. The highest BCUT2D eigenvalue weighted by Crippen LogP contribution is 2.21. The predicted octanol–water partition coefficient (Wildman–Crippen LogP) is 6.34. The van der Waals surface area contributed by atoms with Gasteiger partial charge in [0.1, 0.15) is 5.75 Å². The summed E-state index contributed by atoms with van der Waals surface area (Å²) in [6.45, 7) is 4.58. The van der Waals surface area contributed by atoms with Crippen LogP contribution in [0.5, 0.6) is 5.75 Å². The molecule has 2 rings (SSSR count). The fourth-order valence-corrected chi connectivity index (χ4v) is 2.64. The Labute approximate surface area is 172 Å². The van der Waals surface area contributed by atoms with Gasteiger partial charge < -0.3 is 9.47 Å². The molecule has 0 amide bonds. The summed E-state index contributed by atoms with van der Waals surface area (Å²) in [5.74, 6) is 0.510. The summed E-state index contributed by atoms with van der Waals surface area (Å²) in [6, 6.07) is 11.2. The van der Waals surface area contributed by atoms with Crippen LogP contribution in [0.1, 0.15) is 44.9 Å². The largest absolute Gasteiger partial charge is 0.494 e. The molecule has 1 aromatic carbocycles. The van der Waals surface area contributed by atoms with Gasteiger partial charge in [-0.15, -0.1) is 0 Å². The molecule has 29 heavy (non-hydrogen) atoms. The van der Waals surface area contributed by atoms with Gasteiger partial charge in [-0.25, -0.2) is 4.79 Å². The minimum absolute atomic E-state index is 0.339. The van der Waals surface area contributed by atoms with Gasteiger partial charge in [0, 0.05) is 18.5 Å². The highest BCUT2D eigenvalue weighted by Gasteiger charge is 1.98. The molecule has 0 N–H and O–H groups in total. The molecule has 6 heteroatoms. The average molecular weight is 396 g/mol. The van der Waals surface area contributed by atoms with Gasteiger partial charge in [0.25, 0.3) is 0 Å². The van der Waals surface area contributed by atoms with E-state index >= 15 is 0 Å². The van der Waals surface area contributed by atoms with Gasteiger partial charge in [0.05, 0.1) is 24.6 Å². The van der Waals surface area contributed by atoms with E-state index in [1.54, 1.807) is 12.4 Å². The van der Waals surface area contributed by atoms with E-state index in [4.69, 9.17) is 9.47 Å². The number of aromatic nitrogens is 1. The highest BCUT2D eigenvalue weighted by molar-refractivity contribution is 5.81. The molecular formula is C23H29N3O3. The Kier molecular flexibility index (Phi) is 10.8. The zero-order chi connectivity index (χ0) is 20.6. The number of ether oxygens (including phenoxy) is 2. The third-order valence-electron chi connectivity index (χ3n) is 4.25. The summed E-state index contributed by atoms with van der Waals surface area (Å²) < 4.78 is 10.7. The summed E-state index contributed by atoms with van der Waals surface area (Å²) in [5.41, 5.74) is 1.56.